The van der Waals surface area contributed by atoms with E-state index in [0.29, 0.717) is 12.2 Å². The molecule has 1 atom stereocenters. The number of carbonyl (C=O) groups is 1. The van der Waals surface area contributed by atoms with Gasteiger partial charge in [0.25, 0.3) is 0 Å². The molecule has 1 aromatic rings. The third-order valence-electron chi connectivity index (χ3n) is 2.49. The number of ether oxygens (including phenoxy) is 2. The van der Waals surface area contributed by atoms with Crippen LogP contribution < -0.4 is 4.74 Å². The minimum absolute atomic E-state index is 0.257. The van der Waals surface area contributed by atoms with Crippen LogP contribution in [-0.4, -0.2) is 25.2 Å². The van der Waals surface area contributed by atoms with Crippen molar-refractivity contribution in [2.75, 3.05) is 0 Å². The maximum atomic E-state index is 11.5. The summed E-state index contributed by atoms with van der Waals surface area (Å²) in [6.45, 7) is 6.91. The Bertz CT molecular complexity index is 603. The summed E-state index contributed by atoms with van der Waals surface area (Å²) in [4.78, 5) is 11.1. The van der Waals surface area contributed by atoms with Crippen molar-refractivity contribution >= 4 is 16.1 Å². The van der Waals surface area contributed by atoms with Crippen molar-refractivity contribution in [2.45, 2.75) is 37.9 Å². The average molecular weight is 313 g/mol. The highest BCUT2D eigenvalue weighted by molar-refractivity contribution is 7.85. The molecule has 1 unspecified atom stereocenters. The lowest BCUT2D eigenvalue weighted by atomic mass is 10.3. The van der Waals surface area contributed by atoms with E-state index in [-0.39, 0.29) is 10.5 Å². The molecule has 21 heavy (non-hydrogen) atoms. The fraction of sp³-hybridized carbons (Fsp3) is 0.357. The third-order valence-corrected chi connectivity index (χ3v) is 3.34. The van der Waals surface area contributed by atoms with Gasteiger partial charge in [-0.05, 0) is 37.6 Å². The van der Waals surface area contributed by atoms with E-state index in [1.54, 1.807) is 0 Å². The smallest absolute Gasteiger partial charge is 0.336 e. The standard InChI is InChI=1S/C14H18O6S/c1-4-5-13(20-14(15)10(2)3)19-11-6-8-12(9-7-11)21(16,17)18/h6-9,13H,2,4-5H2,1,3H3,(H,16,17,18)/p-1. The molecule has 0 amide bonds. The molecule has 0 aromatic heterocycles. The van der Waals surface area contributed by atoms with Gasteiger partial charge < -0.3 is 14.0 Å². The Balaban J connectivity index is 2.79. The minimum Gasteiger partial charge on any atom is -0.744 e. The second kappa shape index (κ2) is 7.24. The van der Waals surface area contributed by atoms with Crippen molar-refractivity contribution in [3.05, 3.63) is 36.4 Å². The Morgan fingerprint density at radius 3 is 2.33 bits per heavy atom. The van der Waals surface area contributed by atoms with Crippen LogP contribution in [0.4, 0.5) is 0 Å². The van der Waals surface area contributed by atoms with Gasteiger partial charge in [-0.15, -0.1) is 0 Å². The maximum Gasteiger partial charge on any atom is 0.336 e. The van der Waals surface area contributed by atoms with E-state index in [4.69, 9.17) is 9.47 Å². The van der Waals surface area contributed by atoms with Crippen molar-refractivity contribution in [1.82, 2.24) is 0 Å². The highest BCUT2D eigenvalue weighted by Crippen LogP contribution is 2.19. The Labute approximate surface area is 124 Å². The molecule has 7 heteroatoms. The van der Waals surface area contributed by atoms with E-state index >= 15 is 0 Å². The van der Waals surface area contributed by atoms with Gasteiger partial charge in [-0.25, -0.2) is 13.2 Å². The lowest BCUT2D eigenvalue weighted by molar-refractivity contribution is -0.159. The van der Waals surface area contributed by atoms with E-state index < -0.39 is 22.4 Å². The molecule has 1 rings (SSSR count). The average Bonchev–Trinajstić information content (AvgIpc) is 2.38. The maximum absolute atomic E-state index is 11.5. The van der Waals surface area contributed by atoms with E-state index in [9.17, 15) is 17.8 Å². The summed E-state index contributed by atoms with van der Waals surface area (Å²) in [6.07, 6.45) is 0.399. The number of benzene rings is 1. The van der Waals surface area contributed by atoms with E-state index in [2.05, 4.69) is 6.58 Å². The van der Waals surface area contributed by atoms with Gasteiger partial charge in [0.15, 0.2) is 0 Å². The van der Waals surface area contributed by atoms with Crippen molar-refractivity contribution in [1.29, 1.82) is 0 Å². The van der Waals surface area contributed by atoms with E-state index in [1.165, 1.54) is 19.1 Å². The first kappa shape index (κ1) is 17.2. The zero-order chi connectivity index (χ0) is 16.0. The monoisotopic (exact) mass is 313 g/mol. The molecule has 0 aliphatic rings. The first-order chi connectivity index (χ1) is 9.74. The number of hydrogen-bond acceptors (Lipinski definition) is 6. The van der Waals surface area contributed by atoms with Gasteiger partial charge in [-0.3, -0.25) is 0 Å². The van der Waals surface area contributed by atoms with Crippen LogP contribution in [0.5, 0.6) is 5.75 Å². The molecular weight excluding hydrogens is 296 g/mol. The Morgan fingerprint density at radius 1 is 1.33 bits per heavy atom. The van der Waals surface area contributed by atoms with Gasteiger partial charge in [0.2, 0.25) is 6.29 Å². The first-order valence-electron chi connectivity index (χ1n) is 6.33. The predicted octanol–water partition coefficient (Wildman–Crippen LogP) is 2.21. The Kier molecular flexibility index (Phi) is 5.92. The van der Waals surface area contributed by atoms with Crippen LogP contribution in [0.25, 0.3) is 0 Å². The quantitative estimate of drug-likeness (QED) is 0.332. The summed E-state index contributed by atoms with van der Waals surface area (Å²) in [5.41, 5.74) is 0.257. The molecule has 0 saturated carbocycles. The SMILES string of the molecule is C=C(C)C(=O)OC(CCC)Oc1ccc(S(=O)(=O)[O-])cc1. The molecule has 0 fully saturated rings. The first-order valence-corrected chi connectivity index (χ1v) is 7.74. The Hall–Kier alpha value is -1.86. The van der Waals surface area contributed by atoms with Gasteiger partial charge in [0, 0.05) is 12.0 Å². The minimum atomic E-state index is -4.49. The summed E-state index contributed by atoms with van der Waals surface area (Å²) < 4.78 is 43.0. The Morgan fingerprint density at radius 2 is 1.90 bits per heavy atom. The molecule has 0 heterocycles. The molecule has 0 bridgehead atoms. The van der Waals surface area contributed by atoms with E-state index in [0.717, 1.165) is 18.6 Å². The fourth-order valence-electron chi connectivity index (χ4n) is 1.43. The molecule has 0 aliphatic heterocycles. The summed E-state index contributed by atoms with van der Waals surface area (Å²) >= 11 is 0. The predicted molar refractivity (Wildman–Crippen MR) is 74.6 cm³/mol. The molecule has 0 N–H and O–H groups in total. The summed E-state index contributed by atoms with van der Waals surface area (Å²) in [6, 6.07) is 4.95. The van der Waals surface area contributed by atoms with Crippen molar-refractivity contribution < 1.29 is 27.2 Å². The van der Waals surface area contributed by atoms with Crippen LogP contribution in [0, 0.1) is 0 Å². The number of esters is 1. The van der Waals surface area contributed by atoms with Gasteiger partial charge in [-0.2, -0.15) is 0 Å². The zero-order valence-corrected chi connectivity index (χ0v) is 12.7. The molecule has 116 valence electrons. The highest BCUT2D eigenvalue weighted by Gasteiger charge is 2.16. The second-order valence-electron chi connectivity index (χ2n) is 4.45. The van der Waals surface area contributed by atoms with Gasteiger partial charge >= 0.3 is 5.97 Å². The molecular formula is C14H17O6S-. The normalized spacial score (nSPS) is 12.5. The van der Waals surface area contributed by atoms with Gasteiger partial charge in [-0.1, -0.05) is 13.5 Å². The van der Waals surface area contributed by atoms with Crippen LogP contribution in [0.2, 0.25) is 0 Å². The molecule has 0 aliphatic carbocycles. The molecule has 0 radical (unpaired) electrons. The topological polar surface area (TPSA) is 92.7 Å². The van der Waals surface area contributed by atoms with Crippen LogP contribution in [0.15, 0.2) is 41.3 Å². The number of hydrogen-bond donors (Lipinski definition) is 0. The highest BCUT2D eigenvalue weighted by atomic mass is 32.2. The van der Waals surface area contributed by atoms with Crippen molar-refractivity contribution in [3.63, 3.8) is 0 Å². The summed E-state index contributed by atoms with van der Waals surface area (Å²) in [5, 5.41) is 0. The van der Waals surface area contributed by atoms with Gasteiger partial charge in [0.05, 0.1) is 4.90 Å². The molecule has 1 aromatic carbocycles. The molecule has 6 nitrogen and oxygen atoms in total. The third kappa shape index (κ3) is 5.57. The largest absolute Gasteiger partial charge is 0.744 e. The summed E-state index contributed by atoms with van der Waals surface area (Å²) in [7, 11) is -4.49. The lowest BCUT2D eigenvalue weighted by Crippen LogP contribution is -2.24. The molecule has 0 saturated heterocycles. The van der Waals surface area contributed by atoms with Crippen LogP contribution in [0.3, 0.4) is 0 Å². The number of carbonyl (C=O) groups excluding carboxylic acids is 1. The van der Waals surface area contributed by atoms with Crippen LogP contribution in [-0.2, 0) is 19.6 Å². The van der Waals surface area contributed by atoms with Gasteiger partial charge in [0.1, 0.15) is 15.9 Å². The van der Waals surface area contributed by atoms with E-state index in [1.807, 2.05) is 6.92 Å². The molecule has 0 spiro atoms. The van der Waals surface area contributed by atoms with Crippen molar-refractivity contribution in [2.24, 2.45) is 0 Å². The summed E-state index contributed by atoms with van der Waals surface area (Å²) in [5.74, 6) is -0.262. The fourth-order valence-corrected chi connectivity index (χ4v) is 1.90. The number of rotatable bonds is 7. The zero-order valence-electron chi connectivity index (χ0n) is 11.9. The second-order valence-corrected chi connectivity index (χ2v) is 5.83. The lowest BCUT2D eigenvalue weighted by Gasteiger charge is -2.19. The van der Waals surface area contributed by atoms with Crippen LogP contribution >= 0.6 is 0 Å². The van der Waals surface area contributed by atoms with Crippen LogP contribution in [0.1, 0.15) is 26.7 Å². The van der Waals surface area contributed by atoms with Crippen molar-refractivity contribution in [3.8, 4) is 5.75 Å².